The lowest BCUT2D eigenvalue weighted by atomic mass is 10.1. The molecule has 16 heavy (non-hydrogen) atoms. The fourth-order valence-electron chi connectivity index (χ4n) is 1.70. The molecule has 0 aromatic carbocycles. The molecule has 4 heteroatoms. The summed E-state index contributed by atoms with van der Waals surface area (Å²) < 4.78 is 0. The van der Waals surface area contributed by atoms with Crippen LogP contribution in [0.1, 0.15) is 26.7 Å². The molecule has 1 aliphatic heterocycles. The van der Waals surface area contributed by atoms with Gasteiger partial charge in [-0.05, 0) is 42.7 Å². The van der Waals surface area contributed by atoms with Crippen molar-refractivity contribution in [2.75, 3.05) is 31.1 Å². The maximum atomic E-state index is 11.4. The Hall–Kier alpha value is -0.220. The van der Waals surface area contributed by atoms with Crippen molar-refractivity contribution in [2.24, 2.45) is 11.8 Å². The Morgan fingerprint density at radius 3 is 2.94 bits per heavy atom. The number of amides is 1. The predicted molar refractivity (Wildman–Crippen MR) is 70.8 cm³/mol. The van der Waals surface area contributed by atoms with Crippen LogP contribution in [-0.4, -0.2) is 37.0 Å². The van der Waals surface area contributed by atoms with Gasteiger partial charge in [0.15, 0.2) is 0 Å². The highest BCUT2D eigenvalue weighted by Crippen LogP contribution is 2.22. The lowest BCUT2D eigenvalue weighted by molar-refractivity contribution is -0.120. The molecule has 1 fully saturated rings. The highest BCUT2D eigenvalue weighted by molar-refractivity contribution is 7.99. The molecule has 0 spiro atoms. The van der Waals surface area contributed by atoms with Crippen LogP contribution in [0, 0.1) is 11.8 Å². The summed E-state index contributed by atoms with van der Waals surface area (Å²) in [5, 5.41) is 6.17. The molecule has 2 N–H and O–H groups in total. The number of nitrogens with one attached hydrogen (secondary N) is 2. The number of rotatable bonds is 7. The molecule has 0 aromatic rings. The number of carbonyl (C=O) groups is 1. The second-order valence-corrected chi connectivity index (χ2v) is 6.04. The van der Waals surface area contributed by atoms with Crippen molar-refractivity contribution in [1.82, 2.24) is 10.6 Å². The van der Waals surface area contributed by atoms with Crippen molar-refractivity contribution < 1.29 is 4.79 Å². The van der Waals surface area contributed by atoms with Gasteiger partial charge >= 0.3 is 0 Å². The summed E-state index contributed by atoms with van der Waals surface area (Å²) in [5.74, 6) is 4.10. The highest BCUT2D eigenvalue weighted by Gasteiger charge is 2.14. The summed E-state index contributed by atoms with van der Waals surface area (Å²) in [6, 6.07) is 0. The van der Waals surface area contributed by atoms with Gasteiger partial charge in [0.25, 0.3) is 0 Å². The summed E-state index contributed by atoms with van der Waals surface area (Å²) in [7, 11) is 0. The normalized spacial score (nSPS) is 20.3. The van der Waals surface area contributed by atoms with Gasteiger partial charge in [-0.25, -0.2) is 0 Å². The minimum atomic E-state index is 0.131. The lowest BCUT2D eigenvalue weighted by Crippen LogP contribution is -2.36. The Morgan fingerprint density at radius 1 is 1.50 bits per heavy atom. The van der Waals surface area contributed by atoms with Crippen LogP contribution < -0.4 is 10.6 Å². The van der Waals surface area contributed by atoms with Crippen LogP contribution in [0.2, 0.25) is 0 Å². The molecule has 1 amide bonds. The molecule has 3 nitrogen and oxygen atoms in total. The average Bonchev–Trinajstić information content (AvgIpc) is 2.70. The smallest absolute Gasteiger partial charge is 0.233 e. The third kappa shape index (κ3) is 6.38. The number of hydrogen-bond donors (Lipinski definition) is 2. The van der Waals surface area contributed by atoms with E-state index in [2.05, 4.69) is 24.5 Å². The number of carbonyl (C=O) groups excluding carboxylic acids is 1. The molecule has 0 radical (unpaired) electrons. The Bertz CT molecular complexity index is 203. The summed E-state index contributed by atoms with van der Waals surface area (Å²) in [6.45, 7) is 6.60. The zero-order valence-corrected chi connectivity index (χ0v) is 11.2. The van der Waals surface area contributed by atoms with E-state index in [-0.39, 0.29) is 5.91 Å². The van der Waals surface area contributed by atoms with Crippen molar-refractivity contribution in [2.45, 2.75) is 26.7 Å². The lowest BCUT2D eigenvalue weighted by Gasteiger charge is -2.10. The maximum Gasteiger partial charge on any atom is 0.233 e. The van der Waals surface area contributed by atoms with E-state index in [9.17, 15) is 4.79 Å². The van der Waals surface area contributed by atoms with Crippen LogP contribution in [0.15, 0.2) is 0 Å². The third-order valence-electron chi connectivity index (χ3n) is 2.79. The second-order valence-electron chi connectivity index (χ2n) is 4.89. The van der Waals surface area contributed by atoms with E-state index in [0.717, 1.165) is 25.4 Å². The van der Waals surface area contributed by atoms with E-state index < -0.39 is 0 Å². The quantitative estimate of drug-likeness (QED) is 0.713. The van der Waals surface area contributed by atoms with Crippen molar-refractivity contribution in [3.05, 3.63) is 0 Å². The van der Waals surface area contributed by atoms with E-state index in [0.29, 0.717) is 12.5 Å². The first-order valence-corrected chi connectivity index (χ1v) is 7.39. The van der Waals surface area contributed by atoms with Crippen LogP contribution >= 0.6 is 11.8 Å². The standard InChI is InChI=1S/C12H24N2OS/c1-10(2)3-5-14-12(15)8-13-7-11-4-6-16-9-11/h10-11,13H,3-9H2,1-2H3,(H,14,15). The molecule has 1 aliphatic rings. The van der Waals surface area contributed by atoms with Gasteiger partial charge in [0.05, 0.1) is 6.54 Å². The molecule has 1 heterocycles. The summed E-state index contributed by atoms with van der Waals surface area (Å²) in [5.41, 5.74) is 0. The minimum Gasteiger partial charge on any atom is -0.355 e. The van der Waals surface area contributed by atoms with E-state index >= 15 is 0 Å². The Kier molecular flexibility index (Phi) is 6.88. The molecular weight excluding hydrogens is 220 g/mol. The Labute approximate surface area is 103 Å². The molecule has 1 unspecified atom stereocenters. The van der Waals surface area contributed by atoms with Gasteiger partial charge in [0, 0.05) is 6.54 Å². The molecule has 94 valence electrons. The van der Waals surface area contributed by atoms with Gasteiger partial charge in [-0.1, -0.05) is 13.8 Å². The van der Waals surface area contributed by atoms with Crippen LogP contribution in [0.5, 0.6) is 0 Å². The van der Waals surface area contributed by atoms with Crippen LogP contribution in [0.25, 0.3) is 0 Å². The topological polar surface area (TPSA) is 41.1 Å². The SMILES string of the molecule is CC(C)CCNC(=O)CNCC1CCSC1. The second kappa shape index (κ2) is 7.96. The van der Waals surface area contributed by atoms with Crippen molar-refractivity contribution in [3.63, 3.8) is 0 Å². The van der Waals surface area contributed by atoms with Crippen LogP contribution in [0.3, 0.4) is 0 Å². The Balaban J connectivity index is 1.93. The fourth-order valence-corrected chi connectivity index (χ4v) is 2.98. The first-order valence-electron chi connectivity index (χ1n) is 6.23. The van der Waals surface area contributed by atoms with E-state index in [1.54, 1.807) is 0 Å². The van der Waals surface area contributed by atoms with Crippen molar-refractivity contribution >= 4 is 17.7 Å². The van der Waals surface area contributed by atoms with E-state index in [1.807, 2.05) is 11.8 Å². The zero-order chi connectivity index (χ0) is 11.8. The predicted octanol–water partition coefficient (Wildman–Crippen LogP) is 1.49. The molecule has 1 saturated heterocycles. The number of thioether (sulfide) groups is 1. The molecular formula is C12H24N2OS. The van der Waals surface area contributed by atoms with E-state index in [4.69, 9.17) is 0 Å². The first kappa shape index (κ1) is 13.8. The molecule has 0 bridgehead atoms. The van der Waals surface area contributed by atoms with Crippen LogP contribution in [0.4, 0.5) is 0 Å². The van der Waals surface area contributed by atoms with Gasteiger partial charge in [0.2, 0.25) is 5.91 Å². The monoisotopic (exact) mass is 244 g/mol. The highest BCUT2D eigenvalue weighted by atomic mass is 32.2. The third-order valence-corrected chi connectivity index (χ3v) is 4.02. The van der Waals surface area contributed by atoms with Crippen LogP contribution in [-0.2, 0) is 4.79 Å². The molecule has 1 atom stereocenters. The van der Waals surface area contributed by atoms with Crippen molar-refractivity contribution in [1.29, 1.82) is 0 Å². The average molecular weight is 244 g/mol. The van der Waals surface area contributed by atoms with Gasteiger partial charge < -0.3 is 10.6 Å². The van der Waals surface area contributed by atoms with Gasteiger partial charge in [0.1, 0.15) is 0 Å². The summed E-state index contributed by atoms with van der Waals surface area (Å²) in [4.78, 5) is 11.4. The van der Waals surface area contributed by atoms with Crippen molar-refractivity contribution in [3.8, 4) is 0 Å². The zero-order valence-electron chi connectivity index (χ0n) is 10.4. The van der Waals surface area contributed by atoms with Gasteiger partial charge in [-0.3, -0.25) is 4.79 Å². The Morgan fingerprint density at radius 2 is 2.31 bits per heavy atom. The van der Waals surface area contributed by atoms with Gasteiger partial charge in [-0.2, -0.15) is 11.8 Å². The molecule has 0 saturated carbocycles. The van der Waals surface area contributed by atoms with Gasteiger partial charge in [-0.15, -0.1) is 0 Å². The fraction of sp³-hybridized carbons (Fsp3) is 0.917. The maximum absolute atomic E-state index is 11.4. The minimum absolute atomic E-state index is 0.131. The number of hydrogen-bond acceptors (Lipinski definition) is 3. The largest absolute Gasteiger partial charge is 0.355 e. The summed E-state index contributed by atoms with van der Waals surface area (Å²) >= 11 is 2.02. The van der Waals surface area contributed by atoms with E-state index in [1.165, 1.54) is 17.9 Å². The molecule has 0 aliphatic carbocycles. The summed E-state index contributed by atoms with van der Waals surface area (Å²) in [6.07, 6.45) is 2.36. The molecule has 0 aromatic heterocycles. The molecule has 1 rings (SSSR count). The first-order chi connectivity index (χ1) is 7.68.